The molecule has 0 spiro atoms. The van der Waals surface area contributed by atoms with E-state index in [1.807, 2.05) is 36.0 Å². The lowest BCUT2D eigenvalue weighted by Crippen LogP contribution is -2.15. The zero-order valence-electron chi connectivity index (χ0n) is 13.3. The van der Waals surface area contributed by atoms with Gasteiger partial charge in [0.25, 0.3) is 0 Å². The summed E-state index contributed by atoms with van der Waals surface area (Å²) in [7, 11) is 3.32. The quantitative estimate of drug-likeness (QED) is 0.823. The Kier molecular flexibility index (Phi) is 4.91. The summed E-state index contributed by atoms with van der Waals surface area (Å²) in [4.78, 5) is 12.2. The third-order valence-electron chi connectivity index (χ3n) is 4.13. The lowest BCUT2D eigenvalue weighted by Gasteiger charge is -2.28. The van der Waals surface area contributed by atoms with Crippen molar-refractivity contribution in [1.82, 2.24) is 0 Å². The van der Waals surface area contributed by atoms with Crippen LogP contribution in [0.25, 0.3) is 0 Å². The van der Waals surface area contributed by atoms with Crippen LogP contribution < -0.4 is 9.47 Å². The second kappa shape index (κ2) is 7.09. The number of ether oxygens (including phenoxy) is 2. The van der Waals surface area contributed by atoms with Crippen LogP contribution in [0.2, 0.25) is 0 Å². The zero-order chi connectivity index (χ0) is 16.2. The van der Waals surface area contributed by atoms with Gasteiger partial charge in [-0.15, -0.1) is 11.8 Å². The minimum absolute atomic E-state index is 0.203. The normalized spacial score (nSPS) is 21.0. The van der Waals surface area contributed by atoms with Crippen molar-refractivity contribution in [2.24, 2.45) is 0 Å². The van der Waals surface area contributed by atoms with Crippen molar-refractivity contribution in [3.8, 4) is 11.5 Å². The zero-order valence-corrected chi connectivity index (χ0v) is 14.1. The van der Waals surface area contributed by atoms with Crippen molar-refractivity contribution in [2.45, 2.75) is 23.3 Å². The highest BCUT2D eigenvalue weighted by Crippen LogP contribution is 2.49. The monoisotopic (exact) mass is 328 g/mol. The highest BCUT2D eigenvalue weighted by molar-refractivity contribution is 7.99. The molecule has 0 N–H and O–H groups in total. The van der Waals surface area contributed by atoms with Gasteiger partial charge in [0.15, 0.2) is 0 Å². The number of hydrogen-bond acceptors (Lipinski definition) is 4. The highest BCUT2D eigenvalue weighted by atomic mass is 32.2. The highest BCUT2D eigenvalue weighted by Gasteiger charge is 2.29. The molecular weight excluding hydrogens is 308 g/mol. The van der Waals surface area contributed by atoms with Gasteiger partial charge in [-0.2, -0.15) is 0 Å². The second-order valence-electron chi connectivity index (χ2n) is 5.61. The maximum Gasteiger partial charge on any atom is 0.135 e. The van der Waals surface area contributed by atoms with Gasteiger partial charge in [0.2, 0.25) is 0 Å². The first-order valence-electron chi connectivity index (χ1n) is 7.64. The molecule has 0 unspecified atom stereocenters. The first kappa shape index (κ1) is 15.9. The maximum absolute atomic E-state index is 12.2. The summed E-state index contributed by atoms with van der Waals surface area (Å²) in [6.45, 7) is 0. The van der Waals surface area contributed by atoms with Crippen LogP contribution >= 0.6 is 11.8 Å². The molecule has 1 heterocycles. The van der Waals surface area contributed by atoms with Crippen LogP contribution in [0, 0.1) is 0 Å². The summed E-state index contributed by atoms with van der Waals surface area (Å²) in [6, 6.07) is 16.0. The smallest absolute Gasteiger partial charge is 0.135 e. The lowest BCUT2D eigenvalue weighted by atomic mass is 10.0. The topological polar surface area (TPSA) is 35.5 Å². The average Bonchev–Trinajstić information content (AvgIpc) is 2.61. The van der Waals surface area contributed by atoms with E-state index in [2.05, 4.69) is 24.3 Å². The number of methoxy groups -OCH3 is 2. The predicted molar refractivity (Wildman–Crippen MR) is 93.3 cm³/mol. The average molecular weight is 328 g/mol. The van der Waals surface area contributed by atoms with Gasteiger partial charge < -0.3 is 9.47 Å². The van der Waals surface area contributed by atoms with Crippen molar-refractivity contribution >= 4 is 17.5 Å². The number of ketones is 1. The number of hydrogen-bond donors (Lipinski definition) is 0. The van der Waals surface area contributed by atoms with Crippen LogP contribution in [-0.4, -0.2) is 20.0 Å². The minimum atomic E-state index is 0.203. The Morgan fingerprint density at radius 1 is 0.783 bits per heavy atom. The Labute approximate surface area is 141 Å². The van der Waals surface area contributed by atoms with Crippen molar-refractivity contribution in [3.05, 3.63) is 59.7 Å². The molecule has 0 aromatic heterocycles. The van der Waals surface area contributed by atoms with Crippen molar-refractivity contribution < 1.29 is 14.3 Å². The van der Waals surface area contributed by atoms with Gasteiger partial charge in [-0.05, 0) is 35.4 Å². The summed E-state index contributed by atoms with van der Waals surface area (Å²) >= 11 is 1.87. The third kappa shape index (κ3) is 3.70. The first-order valence-corrected chi connectivity index (χ1v) is 8.59. The molecule has 2 aromatic carbocycles. The van der Waals surface area contributed by atoms with Gasteiger partial charge >= 0.3 is 0 Å². The molecule has 0 radical (unpaired) electrons. The summed E-state index contributed by atoms with van der Waals surface area (Å²) < 4.78 is 10.4. The molecule has 0 saturated carbocycles. The summed E-state index contributed by atoms with van der Waals surface area (Å²) in [5, 5.41) is 0.406. The fraction of sp³-hybridized carbons (Fsp3) is 0.316. The molecule has 0 amide bonds. The third-order valence-corrected chi connectivity index (χ3v) is 5.66. The van der Waals surface area contributed by atoms with E-state index in [9.17, 15) is 4.79 Å². The number of benzene rings is 2. The first-order chi connectivity index (χ1) is 11.2. The van der Waals surface area contributed by atoms with E-state index in [0.717, 1.165) is 11.5 Å². The fourth-order valence-electron chi connectivity index (χ4n) is 2.82. The molecule has 3 rings (SSSR count). The van der Waals surface area contributed by atoms with Crippen LogP contribution in [0.4, 0.5) is 0 Å². The Morgan fingerprint density at radius 2 is 1.17 bits per heavy atom. The molecule has 120 valence electrons. The Morgan fingerprint density at radius 3 is 1.52 bits per heavy atom. The number of carbonyl (C=O) groups excluding carboxylic acids is 1. The Bertz CT molecular complexity index is 607. The summed E-state index contributed by atoms with van der Waals surface area (Å²) in [5.41, 5.74) is 2.37. The lowest BCUT2D eigenvalue weighted by molar-refractivity contribution is -0.119. The van der Waals surface area contributed by atoms with Crippen molar-refractivity contribution in [1.29, 1.82) is 0 Å². The van der Waals surface area contributed by atoms with E-state index in [1.165, 1.54) is 11.1 Å². The molecule has 1 aliphatic rings. The van der Waals surface area contributed by atoms with Crippen LogP contribution in [0.3, 0.4) is 0 Å². The van der Waals surface area contributed by atoms with Gasteiger partial charge in [0.05, 0.1) is 14.2 Å². The van der Waals surface area contributed by atoms with E-state index in [0.29, 0.717) is 18.6 Å². The molecule has 2 atom stereocenters. The summed E-state index contributed by atoms with van der Waals surface area (Å²) in [6.07, 6.45) is 1.20. The van der Waals surface area contributed by atoms with Crippen LogP contribution in [0.5, 0.6) is 11.5 Å². The molecule has 4 heteroatoms. The Hall–Kier alpha value is -1.94. The number of carbonyl (C=O) groups is 1. The second-order valence-corrected chi connectivity index (χ2v) is 7.02. The van der Waals surface area contributed by atoms with E-state index >= 15 is 0 Å². The van der Waals surface area contributed by atoms with Crippen LogP contribution in [-0.2, 0) is 4.79 Å². The molecule has 23 heavy (non-hydrogen) atoms. The summed E-state index contributed by atoms with van der Waals surface area (Å²) in [5.74, 6) is 2.01. The fourth-order valence-corrected chi connectivity index (χ4v) is 4.41. The van der Waals surface area contributed by atoms with Gasteiger partial charge in [-0.1, -0.05) is 24.3 Å². The molecule has 3 nitrogen and oxygen atoms in total. The standard InChI is InChI=1S/C19H20O3S/c1-21-16-7-3-13(4-8-16)18-11-15(20)12-19(23-18)14-5-9-17(22-2)10-6-14/h3-10,18-19H,11-12H2,1-2H3/t18-,19+. The molecular formula is C19H20O3S. The molecule has 0 aliphatic carbocycles. The predicted octanol–water partition coefficient (Wildman–Crippen LogP) is 4.58. The van der Waals surface area contributed by atoms with E-state index in [-0.39, 0.29) is 10.5 Å². The number of rotatable bonds is 4. The molecule has 1 aliphatic heterocycles. The maximum atomic E-state index is 12.2. The van der Waals surface area contributed by atoms with Gasteiger partial charge in [0.1, 0.15) is 17.3 Å². The van der Waals surface area contributed by atoms with Crippen LogP contribution in [0.1, 0.15) is 34.5 Å². The van der Waals surface area contributed by atoms with Crippen molar-refractivity contribution in [3.63, 3.8) is 0 Å². The van der Waals surface area contributed by atoms with Crippen molar-refractivity contribution in [2.75, 3.05) is 14.2 Å². The number of thioether (sulfide) groups is 1. The molecule has 1 saturated heterocycles. The SMILES string of the molecule is COc1ccc([C@@H]2CC(=O)C[C@H](c3ccc(OC)cc3)S2)cc1. The molecule has 1 fully saturated rings. The van der Waals surface area contributed by atoms with Gasteiger partial charge in [0, 0.05) is 23.3 Å². The minimum Gasteiger partial charge on any atom is -0.497 e. The largest absolute Gasteiger partial charge is 0.497 e. The van der Waals surface area contributed by atoms with E-state index in [4.69, 9.17) is 9.47 Å². The molecule has 2 aromatic rings. The van der Waals surface area contributed by atoms with Gasteiger partial charge in [-0.25, -0.2) is 0 Å². The molecule has 0 bridgehead atoms. The Balaban J connectivity index is 1.78. The van der Waals surface area contributed by atoms with Crippen LogP contribution in [0.15, 0.2) is 48.5 Å². The number of Topliss-reactive ketones (excluding diaryl/α,β-unsaturated/α-hetero) is 1. The van der Waals surface area contributed by atoms with Gasteiger partial charge in [-0.3, -0.25) is 4.79 Å². The van der Waals surface area contributed by atoms with E-state index < -0.39 is 0 Å². The van der Waals surface area contributed by atoms with E-state index in [1.54, 1.807) is 14.2 Å².